The number of β-amino-alcohol motifs (C(OH)–C–C–N with tert-alkyl or cyclic N) is 1. The van der Waals surface area contributed by atoms with E-state index in [1.54, 1.807) is 22.4 Å². The first kappa shape index (κ1) is 57.3. The van der Waals surface area contributed by atoms with E-state index < -0.39 is 35.4 Å². The highest BCUT2D eigenvalue weighted by Crippen LogP contribution is 2.30. The fourth-order valence-electron chi connectivity index (χ4n) is 8.48. The molecular weight excluding hydrogens is 963 g/mol. The Morgan fingerprint density at radius 3 is 2.27 bits per heavy atom. The lowest BCUT2D eigenvalue weighted by Gasteiger charge is -2.35. The van der Waals surface area contributed by atoms with Gasteiger partial charge in [0.05, 0.1) is 28.8 Å². The van der Waals surface area contributed by atoms with Crippen LogP contribution in [0.15, 0.2) is 72.9 Å². The zero-order valence-corrected chi connectivity index (χ0v) is 44.7. The van der Waals surface area contributed by atoms with Crippen molar-refractivity contribution in [2.45, 2.75) is 110 Å². The molecule has 74 heavy (non-hydrogen) atoms. The minimum Gasteiger partial charge on any atom is -0.494 e. The van der Waals surface area contributed by atoms with Crippen LogP contribution in [0.5, 0.6) is 5.75 Å². The molecule has 3 atom stereocenters. The number of carbonyl (C=O) groups is 4. The molecule has 2 aliphatic rings. The molecule has 402 valence electrons. The quantitative estimate of drug-likeness (QED) is 0.0257. The minimum atomic E-state index is -0.942. The highest BCUT2D eigenvalue weighted by atomic mass is 32.1. The first-order valence-electron chi connectivity index (χ1n) is 25.9. The van der Waals surface area contributed by atoms with Gasteiger partial charge in [0.25, 0.3) is 0 Å². The number of hydrogen-bond acceptors (Lipinski definition) is 15. The van der Waals surface area contributed by atoms with Gasteiger partial charge in [-0.05, 0) is 86.3 Å². The van der Waals surface area contributed by atoms with Crippen LogP contribution in [-0.2, 0) is 46.4 Å². The van der Waals surface area contributed by atoms with Crippen LogP contribution >= 0.6 is 11.3 Å². The Morgan fingerprint density at radius 1 is 0.932 bits per heavy atom. The Kier molecular flexibility index (Phi) is 22.6. The number of likely N-dealkylation sites (N-methyl/N-ethyl adjacent to an activating group) is 1. The van der Waals surface area contributed by atoms with Gasteiger partial charge in [0.15, 0.2) is 0 Å². The van der Waals surface area contributed by atoms with Gasteiger partial charge in [-0.3, -0.25) is 19.2 Å². The molecule has 4 amide bonds. The number of aliphatic hydroxyl groups is 1. The first-order valence-corrected chi connectivity index (χ1v) is 26.8. The second-order valence-corrected chi connectivity index (χ2v) is 20.9. The average molecular weight is 1040 g/mol. The molecule has 0 spiro atoms. The molecule has 19 heteroatoms. The number of ether oxygens (including phenoxy) is 4. The molecule has 6 rings (SSSR count). The number of hydrogen-bond donors (Lipinski definition) is 5. The molecule has 1 aliphatic carbocycles. The smallest absolute Gasteiger partial charge is 0.246 e. The summed E-state index contributed by atoms with van der Waals surface area (Å²) in [6.07, 6.45) is 9.65. The lowest BCUT2D eigenvalue weighted by atomic mass is 9.84. The minimum absolute atomic E-state index is 0.00402. The number of benzene rings is 2. The van der Waals surface area contributed by atoms with E-state index in [1.807, 2.05) is 94.9 Å². The number of nitrogens with zero attached hydrogens (tertiary/aromatic N) is 5. The van der Waals surface area contributed by atoms with E-state index in [0.717, 1.165) is 77.2 Å². The molecule has 2 aromatic heterocycles. The van der Waals surface area contributed by atoms with Crippen LogP contribution in [0.2, 0.25) is 0 Å². The number of thiazole rings is 1. The first-order chi connectivity index (χ1) is 35.7. The number of carbonyl (C=O) groups excluding carboxylic acids is 4. The summed E-state index contributed by atoms with van der Waals surface area (Å²) < 4.78 is 23.1. The van der Waals surface area contributed by atoms with Crippen molar-refractivity contribution in [2.24, 2.45) is 11.3 Å². The van der Waals surface area contributed by atoms with E-state index in [2.05, 4.69) is 37.8 Å². The van der Waals surface area contributed by atoms with E-state index in [1.165, 1.54) is 4.90 Å². The molecule has 1 saturated carbocycles. The molecule has 3 heterocycles. The third-order valence-electron chi connectivity index (χ3n) is 13.0. The van der Waals surface area contributed by atoms with Crippen molar-refractivity contribution < 1.29 is 43.2 Å². The van der Waals surface area contributed by atoms with Gasteiger partial charge in [0.1, 0.15) is 30.3 Å². The van der Waals surface area contributed by atoms with Crippen molar-refractivity contribution in [3.8, 4) is 16.2 Å². The second-order valence-electron chi connectivity index (χ2n) is 20.0. The predicted molar refractivity (Wildman–Crippen MR) is 287 cm³/mol. The van der Waals surface area contributed by atoms with E-state index in [0.29, 0.717) is 77.3 Å². The van der Waals surface area contributed by atoms with Gasteiger partial charge in [-0.25, -0.2) is 9.97 Å². The van der Waals surface area contributed by atoms with Gasteiger partial charge in [-0.15, -0.1) is 17.9 Å². The monoisotopic (exact) mass is 1040 g/mol. The molecule has 0 unspecified atom stereocenters. The number of unbranched alkanes of at least 4 members (excludes halogenated alkanes) is 1. The number of rotatable bonds is 31. The third-order valence-corrected chi connectivity index (χ3v) is 13.9. The molecule has 18 nitrogen and oxygen atoms in total. The maximum Gasteiger partial charge on any atom is 0.246 e. The number of allylic oxidation sites excluding steroid dienone is 1. The van der Waals surface area contributed by atoms with Crippen molar-refractivity contribution in [1.29, 1.82) is 0 Å². The van der Waals surface area contributed by atoms with Gasteiger partial charge in [0, 0.05) is 102 Å². The van der Waals surface area contributed by atoms with Crippen molar-refractivity contribution in [3.05, 3.63) is 89.7 Å². The highest BCUT2D eigenvalue weighted by Gasteiger charge is 2.44. The number of nitrogens with one attached hydrogen (secondary N) is 4. The van der Waals surface area contributed by atoms with Crippen molar-refractivity contribution in [3.63, 3.8) is 0 Å². The summed E-state index contributed by atoms with van der Waals surface area (Å²) in [5.41, 5.74) is 5.81. The van der Waals surface area contributed by atoms with Crippen LogP contribution in [-0.4, -0.2) is 145 Å². The van der Waals surface area contributed by atoms with Crippen LogP contribution in [0, 0.1) is 18.3 Å². The van der Waals surface area contributed by atoms with E-state index in [4.69, 9.17) is 23.9 Å². The Morgan fingerprint density at radius 2 is 1.62 bits per heavy atom. The second kappa shape index (κ2) is 29.2. The number of likely N-dealkylation sites (tertiary alicyclic amines) is 1. The number of amides is 4. The largest absolute Gasteiger partial charge is 0.494 e. The van der Waals surface area contributed by atoms with E-state index >= 15 is 0 Å². The molecule has 5 N–H and O–H groups in total. The van der Waals surface area contributed by atoms with Gasteiger partial charge >= 0.3 is 0 Å². The molecule has 2 fully saturated rings. The van der Waals surface area contributed by atoms with E-state index in [9.17, 15) is 24.3 Å². The molecule has 0 radical (unpaired) electrons. The molecule has 4 aromatic rings. The summed E-state index contributed by atoms with van der Waals surface area (Å²) in [5.74, 6) is 1.09. The maximum atomic E-state index is 13.9. The zero-order valence-electron chi connectivity index (χ0n) is 43.9. The van der Waals surface area contributed by atoms with Gasteiger partial charge in [-0.2, -0.15) is 4.98 Å². The number of aryl methyl sites for hydroxylation is 1. The van der Waals surface area contributed by atoms with Crippen molar-refractivity contribution in [1.82, 2.24) is 35.4 Å². The van der Waals surface area contributed by atoms with Gasteiger partial charge in [0.2, 0.25) is 29.6 Å². The summed E-state index contributed by atoms with van der Waals surface area (Å²) in [6.45, 7) is 15.7. The summed E-state index contributed by atoms with van der Waals surface area (Å²) in [5, 5.41) is 23.0. The van der Waals surface area contributed by atoms with Gasteiger partial charge in [-0.1, -0.05) is 57.5 Å². The summed E-state index contributed by atoms with van der Waals surface area (Å²) in [7, 11) is 1.86. The summed E-state index contributed by atoms with van der Waals surface area (Å²) in [6, 6.07) is 13.7. The molecule has 1 saturated heterocycles. The standard InChI is InChI=1S/C55H77N9O9S/c1-7-13-42-34-58-54(62-50(42)56-24-25-63(6)52(68)41-14-10-15-41)60-43-20-22-45(23-21-43)73-31-12-29-71-27-9-8-26-70-28-11-30-72-36-47(66)61-49(55(3,4)5)53(69)64-35-44(65)32-46(64)51(67)57-33-39-16-18-40(19-17-39)48-38(2)59-37-74-48/h7,16-23,34,37,41,44,46,49,65H,1,8-15,24-33,35-36H2,2-6H3,(H,57,67)(H,61,66)(H2,56,58,60,62)/t44-,46+,49-/m1/s1. The topological polar surface area (TPSA) is 219 Å². The fraction of sp³-hybridized carbons (Fsp3) is 0.545. The molecule has 2 aromatic carbocycles. The predicted octanol–water partition coefficient (Wildman–Crippen LogP) is 6.85. The van der Waals surface area contributed by atoms with Crippen LogP contribution < -0.4 is 26.0 Å². The molecule has 1 aliphatic heterocycles. The highest BCUT2D eigenvalue weighted by molar-refractivity contribution is 7.13. The average Bonchev–Trinajstić information content (AvgIpc) is 3.98. The van der Waals surface area contributed by atoms with Gasteiger partial charge < -0.3 is 55.1 Å². The van der Waals surface area contributed by atoms with Crippen LogP contribution in [0.4, 0.5) is 17.5 Å². The maximum absolute atomic E-state index is 13.9. The van der Waals surface area contributed by atoms with Crippen molar-refractivity contribution >= 4 is 52.4 Å². The third kappa shape index (κ3) is 17.9. The number of aliphatic hydroxyl groups excluding tert-OH is 1. The van der Waals surface area contributed by atoms with Crippen molar-refractivity contribution in [2.75, 3.05) is 83.6 Å². The van der Waals surface area contributed by atoms with E-state index in [-0.39, 0.29) is 43.8 Å². The van der Waals surface area contributed by atoms with Crippen LogP contribution in [0.3, 0.4) is 0 Å². The Labute approximate surface area is 440 Å². The van der Waals surface area contributed by atoms with Crippen LogP contribution in [0.25, 0.3) is 10.4 Å². The SMILES string of the molecule is C=CCc1cnc(Nc2ccc(OCCCOCCCCOCCCOCC(=O)N[C@H](C(=O)N3C[C@H](O)C[C@H]3C(=O)NCc3ccc(-c4scnc4C)cc3)C(C)(C)C)cc2)nc1NCCN(C)C(=O)C1CCC1. The molecular formula is C55H77N9O9S. The lowest BCUT2D eigenvalue weighted by Crippen LogP contribution is -2.58. The zero-order chi connectivity index (χ0) is 52.9. The van der Waals surface area contributed by atoms with Crippen LogP contribution in [0.1, 0.15) is 89.0 Å². The lowest BCUT2D eigenvalue weighted by molar-refractivity contribution is -0.144. The summed E-state index contributed by atoms with van der Waals surface area (Å²) in [4.78, 5) is 70.7. The Hall–Kier alpha value is -5.99. The Bertz CT molecular complexity index is 2410. The number of anilines is 3. The normalized spacial score (nSPS) is 16.0. The Balaban J connectivity index is 0.776. The summed E-state index contributed by atoms with van der Waals surface area (Å²) >= 11 is 1.58. The number of aromatic nitrogens is 3. The fourth-order valence-corrected chi connectivity index (χ4v) is 9.29. The molecule has 0 bridgehead atoms.